The lowest BCUT2D eigenvalue weighted by Gasteiger charge is -2.43. The third-order valence-corrected chi connectivity index (χ3v) is 3.69. The van der Waals surface area contributed by atoms with Crippen molar-refractivity contribution in [1.82, 2.24) is 9.80 Å². The van der Waals surface area contributed by atoms with Crippen LogP contribution in [0.2, 0.25) is 0 Å². The maximum Gasteiger partial charge on any atom is 0.414 e. The van der Waals surface area contributed by atoms with Crippen molar-refractivity contribution in [3.63, 3.8) is 0 Å². The van der Waals surface area contributed by atoms with Crippen molar-refractivity contribution >= 4 is 11.9 Å². The first kappa shape index (κ1) is 18.1. The first-order valence-corrected chi connectivity index (χ1v) is 7.04. The molecule has 2 aliphatic rings. The van der Waals surface area contributed by atoms with E-state index >= 15 is 0 Å². The van der Waals surface area contributed by atoms with Crippen molar-refractivity contribution in [3.8, 4) is 6.07 Å². The van der Waals surface area contributed by atoms with Gasteiger partial charge in [-0.05, 0) is 6.92 Å². The number of carbonyl (C=O) groups is 2. The van der Waals surface area contributed by atoms with E-state index in [1.54, 1.807) is 6.08 Å². The zero-order valence-corrected chi connectivity index (χ0v) is 12.5. The van der Waals surface area contributed by atoms with Gasteiger partial charge in [-0.2, -0.15) is 5.26 Å². The molecule has 0 radical (unpaired) electrons. The van der Waals surface area contributed by atoms with Gasteiger partial charge in [-0.1, -0.05) is 6.08 Å². The summed E-state index contributed by atoms with van der Waals surface area (Å²) < 4.78 is 5.21. The van der Waals surface area contributed by atoms with Gasteiger partial charge >= 0.3 is 11.9 Å². The molecular weight excluding hydrogens is 290 g/mol. The summed E-state index contributed by atoms with van der Waals surface area (Å²) in [4.78, 5) is 23.1. The van der Waals surface area contributed by atoms with Gasteiger partial charge < -0.3 is 14.9 Å². The first-order chi connectivity index (χ1) is 10.5. The summed E-state index contributed by atoms with van der Waals surface area (Å²) in [6, 6.07) is 3.08. The molecule has 0 bridgehead atoms. The third-order valence-electron chi connectivity index (χ3n) is 3.69. The van der Waals surface area contributed by atoms with Crippen molar-refractivity contribution in [2.45, 2.75) is 19.0 Å². The van der Waals surface area contributed by atoms with Crippen LogP contribution in [0.5, 0.6) is 0 Å². The predicted molar refractivity (Wildman–Crippen MR) is 77.2 cm³/mol. The topological polar surface area (TPSA) is 114 Å². The van der Waals surface area contributed by atoms with Gasteiger partial charge in [0.2, 0.25) is 0 Å². The van der Waals surface area contributed by atoms with Gasteiger partial charge in [-0.15, -0.1) is 0 Å². The Morgan fingerprint density at radius 3 is 2.14 bits per heavy atom. The molecule has 2 heterocycles. The number of carboxylic acids is 2. The third kappa shape index (κ3) is 5.81. The van der Waals surface area contributed by atoms with Crippen LogP contribution in [0.1, 0.15) is 6.92 Å². The van der Waals surface area contributed by atoms with Crippen LogP contribution >= 0.6 is 0 Å². The van der Waals surface area contributed by atoms with E-state index in [1.165, 1.54) is 0 Å². The number of carboxylic acid groups (broad SMARTS) is 2. The molecule has 2 aliphatic heterocycles. The average molecular weight is 311 g/mol. The van der Waals surface area contributed by atoms with E-state index in [0.29, 0.717) is 12.1 Å². The first-order valence-electron chi connectivity index (χ1n) is 7.04. The molecule has 8 heteroatoms. The highest BCUT2D eigenvalue weighted by molar-refractivity contribution is 6.27. The minimum Gasteiger partial charge on any atom is -0.473 e. The number of allylic oxidation sites excluding steroid dienone is 1. The fraction of sp³-hybridized carbons (Fsp3) is 0.643. The van der Waals surface area contributed by atoms with Crippen LogP contribution in [0.3, 0.4) is 0 Å². The van der Waals surface area contributed by atoms with Crippen molar-refractivity contribution in [1.29, 1.82) is 5.26 Å². The molecule has 1 atom stereocenters. The molecule has 0 aromatic rings. The SMILES string of the molecule is CC(C=CC#N)N1CCN(C2COC2)CC1.O=C(O)C(=O)O. The van der Waals surface area contributed by atoms with Crippen LogP contribution < -0.4 is 0 Å². The summed E-state index contributed by atoms with van der Waals surface area (Å²) in [5.41, 5.74) is 0. The molecule has 8 nitrogen and oxygen atoms in total. The zero-order valence-electron chi connectivity index (χ0n) is 12.5. The van der Waals surface area contributed by atoms with E-state index in [0.717, 1.165) is 39.4 Å². The van der Waals surface area contributed by atoms with E-state index in [2.05, 4.69) is 16.7 Å². The molecule has 0 spiro atoms. The molecule has 122 valence electrons. The number of piperazine rings is 1. The minimum absolute atomic E-state index is 0.374. The fourth-order valence-corrected chi connectivity index (χ4v) is 2.25. The lowest BCUT2D eigenvalue weighted by Crippen LogP contribution is -2.57. The van der Waals surface area contributed by atoms with Crippen LogP contribution in [-0.4, -0.2) is 83.4 Å². The molecule has 0 saturated carbocycles. The normalized spacial score (nSPS) is 21.3. The predicted octanol–water partition coefficient (Wildman–Crippen LogP) is -0.373. The molecule has 0 aliphatic carbocycles. The Bertz CT molecular complexity index is 436. The Morgan fingerprint density at radius 1 is 1.23 bits per heavy atom. The molecule has 2 rings (SSSR count). The van der Waals surface area contributed by atoms with Crippen LogP contribution in [0, 0.1) is 11.3 Å². The largest absolute Gasteiger partial charge is 0.473 e. The second kappa shape index (κ2) is 9.15. The van der Waals surface area contributed by atoms with Crippen molar-refractivity contribution in [3.05, 3.63) is 12.2 Å². The van der Waals surface area contributed by atoms with Crippen LogP contribution in [0.4, 0.5) is 0 Å². The van der Waals surface area contributed by atoms with Gasteiger partial charge in [0.15, 0.2) is 0 Å². The fourth-order valence-electron chi connectivity index (χ4n) is 2.25. The number of nitriles is 1. The highest BCUT2D eigenvalue weighted by Crippen LogP contribution is 2.14. The van der Waals surface area contributed by atoms with Crippen LogP contribution in [0.15, 0.2) is 12.2 Å². The number of hydrogen-bond acceptors (Lipinski definition) is 6. The quantitative estimate of drug-likeness (QED) is 0.536. The molecule has 0 aromatic heterocycles. The van der Waals surface area contributed by atoms with Gasteiger partial charge in [0.05, 0.1) is 25.3 Å². The zero-order chi connectivity index (χ0) is 16.5. The van der Waals surface area contributed by atoms with E-state index in [9.17, 15) is 0 Å². The molecule has 22 heavy (non-hydrogen) atoms. The molecule has 0 aromatic carbocycles. The highest BCUT2D eigenvalue weighted by atomic mass is 16.5. The molecule has 0 amide bonds. The Kier molecular flexibility index (Phi) is 7.52. The van der Waals surface area contributed by atoms with E-state index in [-0.39, 0.29) is 0 Å². The Labute approximate surface area is 129 Å². The molecule has 2 N–H and O–H groups in total. The van der Waals surface area contributed by atoms with Gasteiger partial charge in [0.25, 0.3) is 0 Å². The van der Waals surface area contributed by atoms with E-state index in [4.69, 9.17) is 29.8 Å². The summed E-state index contributed by atoms with van der Waals surface area (Å²) in [7, 11) is 0. The monoisotopic (exact) mass is 311 g/mol. The van der Waals surface area contributed by atoms with Gasteiger partial charge in [-0.3, -0.25) is 9.80 Å². The Morgan fingerprint density at radius 2 is 1.77 bits per heavy atom. The molecule has 2 saturated heterocycles. The summed E-state index contributed by atoms with van der Waals surface area (Å²) in [6.07, 6.45) is 3.55. The summed E-state index contributed by atoms with van der Waals surface area (Å²) >= 11 is 0. The second-order valence-electron chi connectivity index (χ2n) is 5.10. The van der Waals surface area contributed by atoms with E-state index in [1.807, 2.05) is 12.1 Å². The van der Waals surface area contributed by atoms with Gasteiger partial charge in [0, 0.05) is 38.3 Å². The summed E-state index contributed by atoms with van der Waals surface area (Å²) in [5.74, 6) is -3.65. The highest BCUT2D eigenvalue weighted by Gasteiger charge is 2.29. The van der Waals surface area contributed by atoms with E-state index < -0.39 is 11.9 Å². The summed E-state index contributed by atoms with van der Waals surface area (Å²) in [6.45, 7) is 8.39. The number of aliphatic carboxylic acids is 2. The van der Waals surface area contributed by atoms with Gasteiger partial charge in [0.1, 0.15) is 0 Å². The number of hydrogen-bond donors (Lipinski definition) is 2. The minimum atomic E-state index is -1.82. The average Bonchev–Trinajstić information content (AvgIpc) is 2.44. The Hall–Kier alpha value is -1.95. The number of nitrogens with zero attached hydrogens (tertiary/aromatic N) is 3. The standard InChI is InChI=1S/C12H19N3O.C2H2O4/c1-11(3-2-4-13)14-5-7-15(8-6-14)12-9-16-10-12;3-1(4)2(5)6/h2-3,11-12H,5-10H2,1H3;(H,3,4)(H,5,6). The van der Waals surface area contributed by atoms with Crippen molar-refractivity contribution in [2.24, 2.45) is 0 Å². The number of ether oxygens (including phenoxy) is 1. The molecular formula is C14H21N3O5. The molecule has 1 unspecified atom stereocenters. The lowest BCUT2D eigenvalue weighted by molar-refractivity contribution is -0.159. The maximum atomic E-state index is 9.10. The smallest absolute Gasteiger partial charge is 0.414 e. The Balaban J connectivity index is 0.000000346. The van der Waals surface area contributed by atoms with Crippen LogP contribution in [0.25, 0.3) is 0 Å². The second-order valence-corrected chi connectivity index (χ2v) is 5.10. The van der Waals surface area contributed by atoms with Gasteiger partial charge in [-0.25, -0.2) is 9.59 Å². The maximum absolute atomic E-state index is 9.10. The van der Waals surface area contributed by atoms with Crippen molar-refractivity contribution in [2.75, 3.05) is 39.4 Å². The lowest BCUT2D eigenvalue weighted by atomic mass is 10.1. The van der Waals surface area contributed by atoms with Crippen LogP contribution in [-0.2, 0) is 14.3 Å². The van der Waals surface area contributed by atoms with Crippen molar-refractivity contribution < 1.29 is 24.5 Å². The number of rotatable bonds is 3. The molecule has 2 fully saturated rings. The summed E-state index contributed by atoms with van der Waals surface area (Å²) in [5, 5.41) is 23.3.